The SMILES string of the molecule is CC.N#Cc1cc(C#N)c(-n2c3ccc(-c4ccc5oc6ccccc6c5c4)cc3c3c4oc5ccccc5c4ccc32)cc1-n1c2ccc(-c3ccc4oc5ccccc5c4c3)cc2c2c3oc4ccccc4c3ccc21. The molecule has 0 N–H and O–H groups in total. The lowest BCUT2D eigenvalue weighted by Crippen LogP contribution is -2.04. The van der Waals surface area contributed by atoms with E-state index >= 15 is 0 Å². The lowest BCUT2D eigenvalue weighted by atomic mass is 10.00. The summed E-state index contributed by atoms with van der Waals surface area (Å²) in [6, 6.07) is 75.5. The zero-order valence-electron chi connectivity index (χ0n) is 42.1. The molecule has 6 heterocycles. The van der Waals surface area contributed by atoms with Crippen LogP contribution in [0.2, 0.25) is 0 Å². The van der Waals surface area contributed by atoms with Crippen molar-refractivity contribution in [3.63, 3.8) is 0 Å². The Kier molecular flexibility index (Phi) is 9.14. The molecule has 6 aromatic heterocycles. The molecule has 0 radical (unpaired) electrons. The Morgan fingerprint density at radius 2 is 0.628 bits per heavy atom. The van der Waals surface area contributed by atoms with Gasteiger partial charge in [0, 0.05) is 53.9 Å². The summed E-state index contributed by atoms with van der Waals surface area (Å²) < 4.78 is 30.4. The number of hydrogen-bond donors (Lipinski definition) is 0. The first-order valence-electron chi connectivity index (χ1n) is 26.2. The molecule has 0 fully saturated rings. The van der Waals surface area contributed by atoms with Crippen molar-refractivity contribution in [3.8, 4) is 45.8 Å². The first-order chi connectivity index (χ1) is 38.6. The first-order valence-corrected chi connectivity index (χ1v) is 26.2. The number of para-hydroxylation sites is 4. The average Bonchev–Trinajstić information content (AvgIpc) is 4.37. The number of nitrogens with zero attached hydrogens (tertiary/aromatic N) is 4. The summed E-state index contributed by atoms with van der Waals surface area (Å²) in [6.07, 6.45) is 0. The molecular formula is C70H40N4O4. The van der Waals surface area contributed by atoms with Gasteiger partial charge in [0.05, 0.1) is 55.3 Å². The Hall–Kier alpha value is -10.8. The number of furan rings is 4. The summed E-state index contributed by atoms with van der Waals surface area (Å²) >= 11 is 0. The van der Waals surface area contributed by atoms with Crippen LogP contribution in [0.4, 0.5) is 0 Å². The summed E-state index contributed by atoms with van der Waals surface area (Å²) in [5.74, 6) is 0. The molecule has 0 aliphatic carbocycles. The Morgan fingerprint density at radius 1 is 0.295 bits per heavy atom. The largest absolute Gasteiger partial charge is 0.456 e. The van der Waals surface area contributed by atoms with Crippen LogP contribution in [0.1, 0.15) is 25.0 Å². The maximum atomic E-state index is 11.2. The van der Waals surface area contributed by atoms with E-state index in [-0.39, 0.29) is 0 Å². The third-order valence-electron chi connectivity index (χ3n) is 15.8. The fourth-order valence-electron chi connectivity index (χ4n) is 12.4. The van der Waals surface area contributed by atoms with Gasteiger partial charge in [-0.3, -0.25) is 0 Å². The third-order valence-corrected chi connectivity index (χ3v) is 15.8. The third kappa shape index (κ3) is 6.02. The summed E-state index contributed by atoms with van der Waals surface area (Å²) in [4.78, 5) is 0. The highest BCUT2D eigenvalue weighted by Crippen LogP contribution is 2.46. The predicted octanol–water partition coefficient (Wildman–Crippen LogP) is 19.6. The van der Waals surface area contributed by atoms with Gasteiger partial charge in [-0.25, -0.2) is 0 Å². The summed E-state index contributed by atoms with van der Waals surface area (Å²) in [5.41, 5.74) is 16.0. The van der Waals surface area contributed by atoms with E-state index in [1.54, 1.807) is 6.07 Å². The highest BCUT2D eigenvalue weighted by molar-refractivity contribution is 6.26. The molecule has 17 aromatic rings. The number of nitriles is 2. The van der Waals surface area contributed by atoms with E-state index < -0.39 is 0 Å². The van der Waals surface area contributed by atoms with Crippen LogP contribution in [0.15, 0.2) is 224 Å². The summed E-state index contributed by atoms with van der Waals surface area (Å²) in [7, 11) is 0. The Balaban J connectivity index is 0.00000252. The Bertz CT molecular complexity index is 5190. The van der Waals surface area contributed by atoms with Crippen LogP contribution in [0.5, 0.6) is 0 Å². The number of fused-ring (bicyclic) bond motifs is 20. The zero-order chi connectivity index (χ0) is 51.9. The minimum absolute atomic E-state index is 0.357. The number of aromatic nitrogens is 2. The Morgan fingerprint density at radius 3 is 1.04 bits per heavy atom. The molecule has 0 bridgehead atoms. The molecule has 0 saturated carbocycles. The van der Waals surface area contributed by atoms with E-state index in [4.69, 9.17) is 17.7 Å². The van der Waals surface area contributed by atoms with E-state index in [9.17, 15) is 10.5 Å². The molecule has 364 valence electrons. The molecule has 0 amide bonds. The van der Waals surface area contributed by atoms with Crippen LogP contribution < -0.4 is 0 Å². The second kappa shape index (κ2) is 16.3. The molecule has 78 heavy (non-hydrogen) atoms. The second-order valence-corrected chi connectivity index (χ2v) is 19.7. The maximum Gasteiger partial charge on any atom is 0.145 e. The topological polar surface area (TPSA) is 110 Å². The molecule has 0 atom stereocenters. The van der Waals surface area contributed by atoms with Crippen LogP contribution in [0.3, 0.4) is 0 Å². The lowest BCUT2D eigenvalue weighted by molar-refractivity contribution is 0.668. The van der Waals surface area contributed by atoms with Crippen LogP contribution in [-0.4, -0.2) is 9.13 Å². The van der Waals surface area contributed by atoms with E-state index in [2.05, 4.69) is 130 Å². The van der Waals surface area contributed by atoms with Crippen molar-refractivity contribution in [1.29, 1.82) is 10.5 Å². The average molecular weight is 1000 g/mol. The van der Waals surface area contributed by atoms with E-state index in [1.165, 1.54) is 0 Å². The molecule has 11 aromatic carbocycles. The monoisotopic (exact) mass is 1000 g/mol. The molecule has 0 aliphatic heterocycles. The Labute approximate surface area is 443 Å². The highest BCUT2D eigenvalue weighted by Gasteiger charge is 2.26. The fourth-order valence-corrected chi connectivity index (χ4v) is 12.4. The van der Waals surface area contributed by atoms with Crippen molar-refractivity contribution in [2.45, 2.75) is 13.8 Å². The summed E-state index contributed by atoms with van der Waals surface area (Å²) in [6.45, 7) is 4.00. The van der Waals surface area contributed by atoms with Gasteiger partial charge in [0.1, 0.15) is 56.8 Å². The zero-order valence-corrected chi connectivity index (χ0v) is 42.1. The minimum Gasteiger partial charge on any atom is -0.456 e. The number of hydrogen-bond acceptors (Lipinski definition) is 6. The number of rotatable bonds is 4. The lowest BCUT2D eigenvalue weighted by Gasteiger charge is -2.16. The quantitative estimate of drug-likeness (QED) is 0.174. The van der Waals surface area contributed by atoms with Crippen LogP contribution in [-0.2, 0) is 0 Å². The van der Waals surface area contributed by atoms with Gasteiger partial charge in [-0.15, -0.1) is 0 Å². The maximum absolute atomic E-state index is 11.2. The van der Waals surface area contributed by atoms with Crippen molar-refractivity contribution in [2.24, 2.45) is 0 Å². The van der Waals surface area contributed by atoms with Crippen molar-refractivity contribution in [1.82, 2.24) is 9.13 Å². The molecule has 0 saturated heterocycles. The normalized spacial score (nSPS) is 11.9. The van der Waals surface area contributed by atoms with Gasteiger partial charge >= 0.3 is 0 Å². The van der Waals surface area contributed by atoms with E-state index in [0.29, 0.717) is 22.5 Å². The van der Waals surface area contributed by atoms with Gasteiger partial charge in [0.2, 0.25) is 0 Å². The van der Waals surface area contributed by atoms with Crippen LogP contribution in [0, 0.1) is 22.7 Å². The molecule has 8 nitrogen and oxygen atoms in total. The predicted molar refractivity (Wildman–Crippen MR) is 316 cm³/mol. The minimum atomic E-state index is 0.357. The van der Waals surface area contributed by atoms with Gasteiger partial charge < -0.3 is 26.8 Å². The summed E-state index contributed by atoms with van der Waals surface area (Å²) in [5, 5.41) is 34.4. The van der Waals surface area contributed by atoms with Crippen LogP contribution in [0.25, 0.3) is 165 Å². The van der Waals surface area contributed by atoms with Crippen molar-refractivity contribution < 1.29 is 17.7 Å². The standard InChI is InChI=1S/C68H34N4O4.C2H6/c69-35-41-29-42(36-70)58(72-54-24-18-38(40-20-28-64-50(31-40)46-12-4-6-14-60(46)74-64)33-52(54)66-56(72)26-22-48-44-10-2-8-16-62(44)76-68(48)66)34-57(41)71-53-23-17-37(39-19-27-63-49(30-39)45-11-3-5-13-59(45)73-63)32-51(53)65-55(71)25-21-47-43-9-1-7-15-61(43)75-67(47)65;1-2/h1-34H;1-2H3. The van der Waals surface area contributed by atoms with Gasteiger partial charge in [-0.1, -0.05) is 111 Å². The van der Waals surface area contributed by atoms with E-state index in [1.807, 2.05) is 105 Å². The molecular weight excluding hydrogens is 961 g/mol. The molecule has 8 heteroatoms. The first kappa shape index (κ1) is 43.6. The van der Waals surface area contributed by atoms with Gasteiger partial charge in [0.15, 0.2) is 0 Å². The second-order valence-electron chi connectivity index (χ2n) is 19.7. The van der Waals surface area contributed by atoms with Gasteiger partial charge in [-0.05, 0) is 131 Å². The number of benzene rings is 11. The molecule has 0 spiro atoms. The van der Waals surface area contributed by atoms with Gasteiger partial charge in [-0.2, -0.15) is 10.5 Å². The van der Waals surface area contributed by atoms with Crippen molar-refractivity contribution >= 4 is 131 Å². The van der Waals surface area contributed by atoms with Crippen molar-refractivity contribution in [2.75, 3.05) is 0 Å². The molecule has 0 unspecified atom stereocenters. The van der Waals surface area contributed by atoms with Gasteiger partial charge in [0.25, 0.3) is 0 Å². The highest BCUT2D eigenvalue weighted by atomic mass is 16.3. The fraction of sp³-hybridized carbons (Fsp3) is 0.0286. The van der Waals surface area contributed by atoms with E-state index in [0.717, 1.165) is 154 Å². The van der Waals surface area contributed by atoms with Crippen LogP contribution >= 0.6 is 0 Å². The smallest absolute Gasteiger partial charge is 0.145 e. The molecule has 0 aliphatic rings. The molecule has 17 rings (SSSR count). The van der Waals surface area contributed by atoms with Crippen molar-refractivity contribution in [3.05, 3.63) is 217 Å².